The molecule has 0 atom stereocenters. The minimum atomic E-state index is -3.85. The summed E-state index contributed by atoms with van der Waals surface area (Å²) in [5.74, 6) is 1.34. The van der Waals surface area contributed by atoms with Gasteiger partial charge in [-0.15, -0.1) is 0 Å². The van der Waals surface area contributed by atoms with Crippen LogP contribution in [0.15, 0.2) is 58.4 Å². The molecule has 0 unspecified atom stereocenters. The number of para-hydroxylation sites is 1. The van der Waals surface area contributed by atoms with Crippen molar-refractivity contribution in [3.05, 3.63) is 64.2 Å². The zero-order valence-electron chi connectivity index (χ0n) is 16.8. The van der Waals surface area contributed by atoms with Gasteiger partial charge in [0.25, 0.3) is 5.69 Å². The summed E-state index contributed by atoms with van der Waals surface area (Å²) in [6, 6.07) is 12.6. The van der Waals surface area contributed by atoms with E-state index >= 15 is 0 Å². The van der Waals surface area contributed by atoms with Gasteiger partial charge in [-0.25, -0.2) is 13.1 Å². The van der Waals surface area contributed by atoms with Crippen LogP contribution in [0.1, 0.15) is 5.56 Å². The fourth-order valence-corrected chi connectivity index (χ4v) is 3.73. The van der Waals surface area contributed by atoms with Crippen LogP contribution in [0.25, 0.3) is 0 Å². The van der Waals surface area contributed by atoms with Crippen molar-refractivity contribution in [3.63, 3.8) is 0 Å². The van der Waals surface area contributed by atoms with E-state index < -0.39 is 14.9 Å². The Labute approximate surface area is 175 Å². The number of nitrogens with zero attached hydrogens (tertiary/aromatic N) is 2. The van der Waals surface area contributed by atoms with Crippen LogP contribution in [-0.4, -0.2) is 53.1 Å². The Balaban J connectivity index is 1.79. The highest BCUT2D eigenvalue weighted by atomic mass is 32.2. The molecule has 2 aromatic carbocycles. The zero-order valence-corrected chi connectivity index (χ0v) is 17.6. The molecule has 0 spiro atoms. The number of nitro benzene ring substituents is 1. The molecular weight excluding hydrogens is 410 g/mol. The smallest absolute Gasteiger partial charge is 0.270 e. The molecule has 0 saturated heterocycles. The van der Waals surface area contributed by atoms with Gasteiger partial charge in [0, 0.05) is 38.8 Å². The molecule has 0 aromatic heterocycles. The molecule has 10 nitrogen and oxygen atoms in total. The zero-order chi connectivity index (χ0) is 22.0. The van der Waals surface area contributed by atoms with Gasteiger partial charge in [0.15, 0.2) is 5.96 Å². The highest BCUT2D eigenvalue weighted by molar-refractivity contribution is 7.89. The van der Waals surface area contributed by atoms with Crippen molar-refractivity contribution in [2.45, 2.75) is 11.3 Å². The molecule has 0 aliphatic heterocycles. The van der Waals surface area contributed by atoms with Crippen LogP contribution in [0.4, 0.5) is 5.69 Å². The Morgan fingerprint density at radius 3 is 2.53 bits per heavy atom. The Morgan fingerprint density at radius 1 is 1.10 bits per heavy atom. The van der Waals surface area contributed by atoms with E-state index in [0.717, 1.165) is 23.8 Å². The Kier molecular flexibility index (Phi) is 8.56. The molecular formula is C19H25N5O5S. The fraction of sp³-hybridized carbons (Fsp3) is 0.316. The number of non-ortho nitro benzene ring substituents is 1. The molecule has 3 N–H and O–H groups in total. The molecule has 0 heterocycles. The predicted molar refractivity (Wildman–Crippen MR) is 114 cm³/mol. The highest BCUT2D eigenvalue weighted by Gasteiger charge is 2.17. The van der Waals surface area contributed by atoms with Crippen LogP contribution in [-0.2, 0) is 16.4 Å². The molecule has 2 aromatic rings. The number of nitro groups is 1. The van der Waals surface area contributed by atoms with Gasteiger partial charge in [-0.05, 0) is 24.1 Å². The molecule has 162 valence electrons. The van der Waals surface area contributed by atoms with E-state index in [-0.39, 0.29) is 23.7 Å². The van der Waals surface area contributed by atoms with E-state index in [0.29, 0.717) is 12.5 Å². The first kappa shape index (κ1) is 23.1. The van der Waals surface area contributed by atoms with E-state index in [1.54, 1.807) is 14.2 Å². The molecule has 0 radical (unpaired) electrons. The molecule has 30 heavy (non-hydrogen) atoms. The van der Waals surface area contributed by atoms with Gasteiger partial charge in [-0.2, -0.15) is 0 Å². The molecule has 0 bridgehead atoms. The first-order chi connectivity index (χ1) is 14.4. The molecule has 2 rings (SSSR count). The summed E-state index contributed by atoms with van der Waals surface area (Å²) in [6.07, 6.45) is 0.726. The van der Waals surface area contributed by atoms with Gasteiger partial charge in [-0.3, -0.25) is 15.1 Å². The molecule has 0 saturated carbocycles. The SMILES string of the molecule is CN=C(NCCNS(=O)(=O)c1cccc([N+](=O)[O-])c1)NCCc1ccccc1OC. The van der Waals surface area contributed by atoms with E-state index in [1.807, 2.05) is 24.3 Å². The van der Waals surface area contributed by atoms with Crippen LogP contribution in [0.5, 0.6) is 5.75 Å². The van der Waals surface area contributed by atoms with Crippen molar-refractivity contribution < 1.29 is 18.1 Å². The highest BCUT2D eigenvalue weighted by Crippen LogP contribution is 2.17. The van der Waals surface area contributed by atoms with E-state index in [1.165, 1.54) is 18.2 Å². The van der Waals surface area contributed by atoms with Crippen molar-refractivity contribution in [2.75, 3.05) is 33.8 Å². The second-order valence-electron chi connectivity index (χ2n) is 6.14. The van der Waals surface area contributed by atoms with Crippen molar-refractivity contribution in [1.82, 2.24) is 15.4 Å². The number of hydrogen-bond acceptors (Lipinski definition) is 6. The monoisotopic (exact) mass is 435 g/mol. The summed E-state index contributed by atoms with van der Waals surface area (Å²) >= 11 is 0. The number of methoxy groups -OCH3 is 1. The van der Waals surface area contributed by atoms with Crippen LogP contribution < -0.4 is 20.1 Å². The second kappa shape index (κ2) is 11.1. The van der Waals surface area contributed by atoms with E-state index in [4.69, 9.17) is 4.74 Å². The lowest BCUT2D eigenvalue weighted by Gasteiger charge is -2.13. The van der Waals surface area contributed by atoms with Crippen molar-refractivity contribution >= 4 is 21.7 Å². The van der Waals surface area contributed by atoms with Crippen molar-refractivity contribution in [2.24, 2.45) is 4.99 Å². The maximum Gasteiger partial charge on any atom is 0.270 e. The number of hydrogen-bond donors (Lipinski definition) is 3. The van der Waals surface area contributed by atoms with Crippen LogP contribution in [0, 0.1) is 10.1 Å². The number of ether oxygens (including phenoxy) is 1. The predicted octanol–water partition coefficient (Wildman–Crippen LogP) is 1.29. The van der Waals surface area contributed by atoms with E-state index in [9.17, 15) is 18.5 Å². The average Bonchev–Trinajstić information content (AvgIpc) is 2.75. The summed E-state index contributed by atoms with van der Waals surface area (Å²) in [4.78, 5) is 14.1. The third-order valence-electron chi connectivity index (χ3n) is 4.15. The second-order valence-corrected chi connectivity index (χ2v) is 7.91. The summed E-state index contributed by atoms with van der Waals surface area (Å²) in [5, 5.41) is 17.0. The van der Waals surface area contributed by atoms with Gasteiger partial charge in [0.2, 0.25) is 10.0 Å². The summed E-state index contributed by atoms with van der Waals surface area (Å²) in [6.45, 7) is 0.972. The summed E-state index contributed by atoms with van der Waals surface area (Å²) < 4.78 is 32.3. The van der Waals surface area contributed by atoms with Gasteiger partial charge in [0.1, 0.15) is 5.75 Å². The topological polar surface area (TPSA) is 135 Å². The number of aliphatic imine (C=N–C) groups is 1. The quantitative estimate of drug-likeness (QED) is 0.168. The molecule has 0 aliphatic carbocycles. The van der Waals surface area contributed by atoms with Crippen LogP contribution in [0.2, 0.25) is 0 Å². The normalized spacial score (nSPS) is 11.7. The lowest BCUT2D eigenvalue weighted by Crippen LogP contribution is -2.42. The number of rotatable bonds is 10. The van der Waals surface area contributed by atoms with Crippen molar-refractivity contribution in [3.8, 4) is 5.75 Å². The fourth-order valence-electron chi connectivity index (χ4n) is 2.66. The van der Waals surface area contributed by atoms with Crippen LogP contribution in [0.3, 0.4) is 0 Å². The number of sulfonamides is 1. The number of nitrogens with one attached hydrogen (secondary N) is 3. The summed E-state index contributed by atoms with van der Waals surface area (Å²) in [5.41, 5.74) is 0.781. The molecule has 0 fully saturated rings. The third kappa shape index (κ3) is 6.71. The van der Waals surface area contributed by atoms with Gasteiger partial charge in [-0.1, -0.05) is 24.3 Å². The van der Waals surface area contributed by atoms with Crippen LogP contribution >= 0.6 is 0 Å². The Bertz CT molecular complexity index is 994. The van der Waals surface area contributed by atoms with E-state index in [2.05, 4.69) is 20.3 Å². The van der Waals surface area contributed by atoms with Crippen molar-refractivity contribution in [1.29, 1.82) is 0 Å². The number of guanidine groups is 1. The number of benzene rings is 2. The average molecular weight is 436 g/mol. The minimum Gasteiger partial charge on any atom is -0.496 e. The maximum atomic E-state index is 12.3. The Hall–Kier alpha value is -3.18. The third-order valence-corrected chi connectivity index (χ3v) is 5.61. The van der Waals surface area contributed by atoms with Gasteiger partial charge < -0.3 is 15.4 Å². The Morgan fingerprint density at radius 2 is 1.83 bits per heavy atom. The molecule has 0 aliphatic rings. The summed E-state index contributed by atoms with van der Waals surface area (Å²) in [7, 11) is -0.607. The lowest BCUT2D eigenvalue weighted by molar-refractivity contribution is -0.385. The maximum absolute atomic E-state index is 12.3. The first-order valence-electron chi connectivity index (χ1n) is 9.18. The lowest BCUT2D eigenvalue weighted by atomic mass is 10.1. The minimum absolute atomic E-state index is 0.0816. The standard InChI is InChI=1S/C19H25N5O5S/c1-20-19(21-11-10-15-6-3-4-9-18(15)29-2)22-12-13-23-30(27,28)17-8-5-7-16(14-17)24(25)26/h3-9,14,23H,10-13H2,1-2H3,(H2,20,21,22). The molecule has 11 heteroatoms. The van der Waals surface area contributed by atoms with Gasteiger partial charge in [0.05, 0.1) is 16.9 Å². The van der Waals surface area contributed by atoms with Gasteiger partial charge >= 0.3 is 0 Å². The first-order valence-corrected chi connectivity index (χ1v) is 10.7. The largest absolute Gasteiger partial charge is 0.496 e. The molecule has 0 amide bonds.